The average Bonchev–Trinajstić information content (AvgIpc) is 3.07. The number of pyridine rings is 1. The number of hydrogen-bond donors (Lipinski definition) is 0. The summed E-state index contributed by atoms with van der Waals surface area (Å²) in [5.74, 6) is 1.34. The molecule has 0 saturated carbocycles. The van der Waals surface area contributed by atoms with E-state index in [1.54, 1.807) is 46.5 Å². The predicted molar refractivity (Wildman–Crippen MR) is 121 cm³/mol. The van der Waals surface area contributed by atoms with E-state index in [1.807, 2.05) is 20.8 Å². The summed E-state index contributed by atoms with van der Waals surface area (Å²) < 4.78 is 17.2. The molecule has 0 spiro atoms. The summed E-state index contributed by atoms with van der Waals surface area (Å²) in [6, 6.07) is 6.84. The fraction of sp³-hybridized carbons (Fsp3) is 0.458. The molecule has 0 radical (unpaired) electrons. The molecule has 0 atom stereocenters. The van der Waals surface area contributed by atoms with Crippen LogP contribution >= 0.6 is 0 Å². The normalized spacial score (nSPS) is 14.0. The second kappa shape index (κ2) is 11.4. The van der Waals surface area contributed by atoms with Gasteiger partial charge in [-0.1, -0.05) is 0 Å². The van der Waals surface area contributed by atoms with Crippen LogP contribution in [0.4, 0.5) is 0 Å². The Labute approximate surface area is 189 Å². The lowest BCUT2D eigenvalue weighted by atomic mass is 10.1. The number of hydrogen-bond acceptors (Lipinski definition) is 6. The molecule has 1 aliphatic heterocycles. The number of amides is 2. The Kier molecular flexibility index (Phi) is 8.30. The molecule has 172 valence electrons. The van der Waals surface area contributed by atoms with E-state index in [1.165, 1.54) is 0 Å². The molecule has 2 heterocycles. The first-order chi connectivity index (χ1) is 15.6. The van der Waals surface area contributed by atoms with Crippen LogP contribution in [0.1, 0.15) is 47.9 Å². The van der Waals surface area contributed by atoms with Crippen molar-refractivity contribution >= 4 is 11.8 Å². The molecule has 0 N–H and O–H groups in total. The number of aromatic nitrogens is 1. The van der Waals surface area contributed by atoms with Gasteiger partial charge in [0.25, 0.3) is 11.8 Å². The predicted octanol–water partition coefficient (Wildman–Crippen LogP) is 3.27. The summed E-state index contributed by atoms with van der Waals surface area (Å²) in [5.41, 5.74) is 1.09. The summed E-state index contributed by atoms with van der Waals surface area (Å²) in [6.07, 6.45) is 3.92. The number of carbonyl (C=O) groups is 2. The van der Waals surface area contributed by atoms with Gasteiger partial charge in [-0.2, -0.15) is 0 Å². The summed E-state index contributed by atoms with van der Waals surface area (Å²) in [5, 5.41) is 0. The van der Waals surface area contributed by atoms with Crippen LogP contribution in [-0.4, -0.2) is 72.6 Å². The topological polar surface area (TPSA) is 81.2 Å². The van der Waals surface area contributed by atoms with Gasteiger partial charge in [0.05, 0.1) is 19.8 Å². The van der Waals surface area contributed by atoms with Gasteiger partial charge in [0.1, 0.15) is 0 Å². The van der Waals surface area contributed by atoms with Crippen LogP contribution in [0.5, 0.6) is 17.2 Å². The first-order valence-electron chi connectivity index (χ1n) is 11.1. The average molecular weight is 442 g/mol. The molecule has 0 aliphatic carbocycles. The van der Waals surface area contributed by atoms with Crippen LogP contribution in [-0.2, 0) is 0 Å². The number of carbonyl (C=O) groups excluding carboxylic acids is 2. The molecule has 1 fully saturated rings. The molecular formula is C24H31N3O5. The molecule has 1 aromatic heterocycles. The first-order valence-corrected chi connectivity index (χ1v) is 11.1. The van der Waals surface area contributed by atoms with Gasteiger partial charge in [0, 0.05) is 49.7 Å². The molecule has 8 nitrogen and oxygen atoms in total. The van der Waals surface area contributed by atoms with E-state index in [0.717, 1.165) is 0 Å². The lowest BCUT2D eigenvalue weighted by molar-refractivity contribution is 0.0718. The molecule has 2 aromatic rings. The number of rotatable bonds is 8. The minimum absolute atomic E-state index is 0.0416. The maximum atomic E-state index is 13.3. The Balaban J connectivity index is 1.78. The van der Waals surface area contributed by atoms with Crippen molar-refractivity contribution in [3.05, 3.63) is 47.8 Å². The molecule has 2 amide bonds. The Morgan fingerprint density at radius 1 is 0.781 bits per heavy atom. The van der Waals surface area contributed by atoms with E-state index in [9.17, 15) is 9.59 Å². The maximum absolute atomic E-state index is 13.3. The van der Waals surface area contributed by atoms with Gasteiger partial charge in [-0.05, 0) is 51.5 Å². The summed E-state index contributed by atoms with van der Waals surface area (Å²) in [6.45, 7) is 9.10. The van der Waals surface area contributed by atoms with Gasteiger partial charge in [0.15, 0.2) is 11.5 Å². The van der Waals surface area contributed by atoms with Gasteiger partial charge >= 0.3 is 0 Å². The van der Waals surface area contributed by atoms with Crippen molar-refractivity contribution in [2.24, 2.45) is 0 Å². The fourth-order valence-electron chi connectivity index (χ4n) is 3.70. The van der Waals surface area contributed by atoms with E-state index in [-0.39, 0.29) is 11.8 Å². The van der Waals surface area contributed by atoms with E-state index in [0.29, 0.717) is 80.8 Å². The van der Waals surface area contributed by atoms with Gasteiger partial charge in [0.2, 0.25) is 5.75 Å². The zero-order chi connectivity index (χ0) is 22.9. The highest BCUT2D eigenvalue weighted by atomic mass is 16.5. The molecule has 0 unspecified atom stereocenters. The van der Waals surface area contributed by atoms with E-state index < -0.39 is 0 Å². The number of ether oxygens (including phenoxy) is 3. The van der Waals surface area contributed by atoms with Crippen LogP contribution in [0.3, 0.4) is 0 Å². The van der Waals surface area contributed by atoms with Gasteiger partial charge in [-0.15, -0.1) is 0 Å². The SMILES string of the molecule is CCOc1cc(C(=O)N2CCCN(C(=O)c3ccncc3)CC2)cc(OCC)c1OCC. The number of nitrogens with zero attached hydrogens (tertiary/aromatic N) is 3. The van der Waals surface area contributed by atoms with Gasteiger partial charge in [-0.3, -0.25) is 14.6 Å². The lowest BCUT2D eigenvalue weighted by Crippen LogP contribution is -2.37. The van der Waals surface area contributed by atoms with Crippen LogP contribution in [0.25, 0.3) is 0 Å². The van der Waals surface area contributed by atoms with Crippen LogP contribution in [0.15, 0.2) is 36.7 Å². The van der Waals surface area contributed by atoms with Crippen LogP contribution in [0.2, 0.25) is 0 Å². The van der Waals surface area contributed by atoms with E-state index >= 15 is 0 Å². The third-order valence-electron chi connectivity index (χ3n) is 5.15. The second-order valence-electron chi connectivity index (χ2n) is 7.27. The minimum Gasteiger partial charge on any atom is -0.490 e. The van der Waals surface area contributed by atoms with E-state index in [2.05, 4.69) is 4.98 Å². The molecular weight excluding hydrogens is 410 g/mol. The van der Waals surface area contributed by atoms with Crippen molar-refractivity contribution in [1.29, 1.82) is 0 Å². The van der Waals surface area contributed by atoms with Crippen molar-refractivity contribution in [2.75, 3.05) is 46.0 Å². The van der Waals surface area contributed by atoms with Crippen molar-refractivity contribution < 1.29 is 23.8 Å². The van der Waals surface area contributed by atoms with Crippen molar-refractivity contribution in [1.82, 2.24) is 14.8 Å². The highest BCUT2D eigenvalue weighted by Gasteiger charge is 2.26. The highest BCUT2D eigenvalue weighted by Crippen LogP contribution is 2.39. The molecule has 1 aliphatic rings. The highest BCUT2D eigenvalue weighted by molar-refractivity contribution is 5.96. The summed E-state index contributed by atoms with van der Waals surface area (Å²) in [4.78, 5) is 33.7. The van der Waals surface area contributed by atoms with E-state index in [4.69, 9.17) is 14.2 Å². The second-order valence-corrected chi connectivity index (χ2v) is 7.27. The minimum atomic E-state index is -0.117. The van der Waals surface area contributed by atoms with Crippen molar-refractivity contribution in [3.8, 4) is 17.2 Å². The zero-order valence-electron chi connectivity index (χ0n) is 19.0. The third kappa shape index (κ3) is 5.49. The Morgan fingerprint density at radius 3 is 1.78 bits per heavy atom. The molecule has 1 aromatic carbocycles. The summed E-state index contributed by atoms with van der Waals surface area (Å²) in [7, 11) is 0. The Bertz CT molecular complexity index is 892. The fourth-order valence-corrected chi connectivity index (χ4v) is 3.70. The Hall–Kier alpha value is -3.29. The molecule has 1 saturated heterocycles. The third-order valence-corrected chi connectivity index (χ3v) is 5.15. The molecule has 0 bridgehead atoms. The quantitative estimate of drug-likeness (QED) is 0.626. The van der Waals surface area contributed by atoms with Crippen molar-refractivity contribution in [3.63, 3.8) is 0 Å². The number of benzene rings is 1. The Morgan fingerprint density at radius 2 is 1.28 bits per heavy atom. The lowest BCUT2D eigenvalue weighted by Gasteiger charge is -2.23. The monoisotopic (exact) mass is 441 g/mol. The molecule has 8 heteroatoms. The molecule has 3 rings (SSSR count). The van der Waals surface area contributed by atoms with Crippen molar-refractivity contribution in [2.45, 2.75) is 27.2 Å². The standard InChI is InChI=1S/C24H31N3O5/c1-4-30-20-16-19(17-21(31-5-2)22(20)32-6-3)24(29)27-13-7-12-26(14-15-27)23(28)18-8-10-25-11-9-18/h8-11,16-17H,4-7,12-15H2,1-3H3. The maximum Gasteiger partial charge on any atom is 0.254 e. The largest absolute Gasteiger partial charge is 0.490 e. The summed E-state index contributed by atoms with van der Waals surface area (Å²) >= 11 is 0. The van der Waals surface area contributed by atoms with Gasteiger partial charge < -0.3 is 24.0 Å². The zero-order valence-corrected chi connectivity index (χ0v) is 19.0. The first kappa shape index (κ1) is 23.4. The van der Waals surface area contributed by atoms with Gasteiger partial charge in [-0.25, -0.2) is 0 Å². The molecule has 32 heavy (non-hydrogen) atoms. The smallest absolute Gasteiger partial charge is 0.254 e. The van der Waals surface area contributed by atoms with Crippen LogP contribution < -0.4 is 14.2 Å². The van der Waals surface area contributed by atoms with Crippen LogP contribution in [0, 0.1) is 0 Å².